The zero-order chi connectivity index (χ0) is 17.9. The predicted octanol–water partition coefficient (Wildman–Crippen LogP) is 5.07. The van der Waals surface area contributed by atoms with Crippen LogP contribution in [0.5, 0.6) is 5.75 Å². The van der Waals surface area contributed by atoms with Crippen LogP contribution in [0.25, 0.3) is 0 Å². The number of ether oxygens (including phenoxy) is 1. The lowest BCUT2D eigenvalue weighted by atomic mass is 9.88. The maximum atomic E-state index is 5.65. The fourth-order valence-electron chi connectivity index (χ4n) is 3.62. The standard InChI is InChI=1S/C21H26N2OS/c1-15-6-7-16(2)19(14-15)22-20(25)23-21(12-4-5-13-21)17-8-10-18(24-3)11-9-17/h6-11,14H,4-5,12-13H2,1-3H3,(H2,22,23,25). The Morgan fingerprint density at radius 2 is 1.72 bits per heavy atom. The molecule has 0 spiro atoms. The molecule has 0 aliphatic heterocycles. The van der Waals surface area contributed by atoms with Gasteiger partial charge in [-0.3, -0.25) is 0 Å². The SMILES string of the molecule is COc1ccc(C2(NC(=S)Nc3cc(C)ccc3C)CCCC2)cc1. The van der Waals surface area contributed by atoms with Gasteiger partial charge in [0.05, 0.1) is 12.6 Å². The van der Waals surface area contributed by atoms with Crippen molar-refractivity contribution in [3.63, 3.8) is 0 Å². The summed E-state index contributed by atoms with van der Waals surface area (Å²) in [6, 6.07) is 14.7. The molecular weight excluding hydrogens is 328 g/mol. The molecule has 132 valence electrons. The normalized spacial score (nSPS) is 15.6. The zero-order valence-corrected chi connectivity index (χ0v) is 16.0. The molecule has 1 saturated carbocycles. The molecule has 3 rings (SSSR count). The van der Waals surface area contributed by atoms with E-state index >= 15 is 0 Å². The van der Waals surface area contributed by atoms with Crippen molar-refractivity contribution in [2.75, 3.05) is 12.4 Å². The van der Waals surface area contributed by atoms with Crippen LogP contribution in [0.4, 0.5) is 5.69 Å². The third-order valence-corrected chi connectivity index (χ3v) is 5.30. The van der Waals surface area contributed by atoms with E-state index in [0.717, 1.165) is 24.3 Å². The van der Waals surface area contributed by atoms with Gasteiger partial charge in [0, 0.05) is 5.69 Å². The summed E-state index contributed by atoms with van der Waals surface area (Å²) in [5, 5.41) is 7.70. The van der Waals surface area contributed by atoms with Crippen LogP contribution < -0.4 is 15.4 Å². The molecule has 0 amide bonds. The van der Waals surface area contributed by atoms with Gasteiger partial charge in [0.25, 0.3) is 0 Å². The second-order valence-corrected chi connectivity index (χ2v) is 7.32. The van der Waals surface area contributed by atoms with Gasteiger partial charge in [0.2, 0.25) is 0 Å². The Bertz CT molecular complexity index is 749. The van der Waals surface area contributed by atoms with Crippen LogP contribution >= 0.6 is 12.2 Å². The fraction of sp³-hybridized carbons (Fsp3) is 0.381. The molecule has 4 heteroatoms. The highest BCUT2D eigenvalue weighted by Crippen LogP contribution is 2.39. The lowest BCUT2D eigenvalue weighted by Crippen LogP contribution is -2.45. The molecule has 0 bridgehead atoms. The first-order valence-corrected chi connectivity index (χ1v) is 9.24. The Balaban J connectivity index is 1.79. The lowest BCUT2D eigenvalue weighted by molar-refractivity contribution is 0.401. The quantitative estimate of drug-likeness (QED) is 0.751. The first kappa shape index (κ1) is 17.7. The van der Waals surface area contributed by atoms with E-state index in [9.17, 15) is 0 Å². The van der Waals surface area contributed by atoms with Gasteiger partial charge in [-0.25, -0.2) is 0 Å². The van der Waals surface area contributed by atoms with Crippen molar-refractivity contribution < 1.29 is 4.74 Å². The summed E-state index contributed by atoms with van der Waals surface area (Å²) < 4.78 is 5.29. The molecule has 0 radical (unpaired) electrons. The van der Waals surface area contributed by atoms with Gasteiger partial charge in [-0.15, -0.1) is 0 Å². The first-order chi connectivity index (χ1) is 12.0. The maximum absolute atomic E-state index is 5.65. The molecule has 0 unspecified atom stereocenters. The van der Waals surface area contributed by atoms with E-state index in [0.29, 0.717) is 5.11 Å². The van der Waals surface area contributed by atoms with E-state index < -0.39 is 0 Å². The van der Waals surface area contributed by atoms with Crippen molar-refractivity contribution in [1.29, 1.82) is 0 Å². The van der Waals surface area contributed by atoms with E-state index in [2.05, 4.69) is 54.8 Å². The first-order valence-electron chi connectivity index (χ1n) is 8.83. The van der Waals surface area contributed by atoms with Gasteiger partial charge in [-0.05, 0) is 73.8 Å². The van der Waals surface area contributed by atoms with Crippen molar-refractivity contribution in [2.45, 2.75) is 45.1 Å². The van der Waals surface area contributed by atoms with Crippen LogP contribution in [0, 0.1) is 13.8 Å². The van der Waals surface area contributed by atoms with Crippen LogP contribution in [0.2, 0.25) is 0 Å². The predicted molar refractivity (Wildman–Crippen MR) is 108 cm³/mol. The minimum Gasteiger partial charge on any atom is -0.497 e. The summed E-state index contributed by atoms with van der Waals surface area (Å²) in [5.41, 5.74) is 4.67. The largest absolute Gasteiger partial charge is 0.497 e. The number of rotatable bonds is 4. The van der Waals surface area contributed by atoms with Crippen LogP contribution in [0.3, 0.4) is 0 Å². The molecule has 1 aliphatic rings. The molecule has 2 aromatic rings. The number of aryl methyl sites for hydroxylation is 2. The number of thiocarbonyl (C=S) groups is 1. The van der Waals surface area contributed by atoms with Crippen molar-refractivity contribution in [3.05, 3.63) is 59.2 Å². The molecule has 1 aliphatic carbocycles. The minimum atomic E-state index is -0.0892. The maximum Gasteiger partial charge on any atom is 0.171 e. The summed E-state index contributed by atoms with van der Waals surface area (Å²) in [6.07, 6.45) is 4.61. The topological polar surface area (TPSA) is 33.3 Å². The molecular formula is C21H26N2OS. The molecule has 1 fully saturated rings. The third kappa shape index (κ3) is 3.96. The second kappa shape index (κ2) is 7.44. The van der Waals surface area contributed by atoms with Crippen LogP contribution in [-0.2, 0) is 5.54 Å². The van der Waals surface area contributed by atoms with E-state index in [4.69, 9.17) is 17.0 Å². The summed E-state index contributed by atoms with van der Waals surface area (Å²) in [6.45, 7) is 4.19. The average Bonchev–Trinajstić information content (AvgIpc) is 3.07. The Hall–Kier alpha value is -2.07. The van der Waals surface area contributed by atoms with Crippen molar-refractivity contribution in [1.82, 2.24) is 5.32 Å². The number of methoxy groups -OCH3 is 1. The Labute approximate surface area is 155 Å². The van der Waals surface area contributed by atoms with E-state index in [1.54, 1.807) is 7.11 Å². The molecule has 2 N–H and O–H groups in total. The third-order valence-electron chi connectivity index (χ3n) is 5.09. The number of nitrogens with one attached hydrogen (secondary N) is 2. The lowest BCUT2D eigenvalue weighted by Gasteiger charge is -2.33. The van der Waals surface area contributed by atoms with E-state index in [1.807, 2.05) is 12.1 Å². The highest BCUT2D eigenvalue weighted by atomic mass is 32.1. The second-order valence-electron chi connectivity index (χ2n) is 6.92. The molecule has 0 atom stereocenters. The molecule has 25 heavy (non-hydrogen) atoms. The Morgan fingerprint density at radius 1 is 1.04 bits per heavy atom. The minimum absolute atomic E-state index is 0.0892. The average molecular weight is 355 g/mol. The zero-order valence-electron chi connectivity index (χ0n) is 15.2. The number of benzene rings is 2. The van der Waals surface area contributed by atoms with Crippen molar-refractivity contribution in [3.8, 4) is 5.75 Å². The summed E-state index contributed by atoms with van der Waals surface area (Å²) in [7, 11) is 1.70. The van der Waals surface area contributed by atoms with Crippen LogP contribution in [0.1, 0.15) is 42.4 Å². The molecule has 0 aromatic heterocycles. The van der Waals surface area contributed by atoms with E-state index in [-0.39, 0.29) is 5.54 Å². The molecule has 0 heterocycles. The molecule has 0 saturated heterocycles. The van der Waals surface area contributed by atoms with Crippen LogP contribution in [0.15, 0.2) is 42.5 Å². The Morgan fingerprint density at radius 3 is 2.36 bits per heavy atom. The highest BCUT2D eigenvalue weighted by Gasteiger charge is 2.36. The summed E-state index contributed by atoms with van der Waals surface area (Å²) in [4.78, 5) is 0. The number of hydrogen-bond acceptors (Lipinski definition) is 2. The molecule has 2 aromatic carbocycles. The fourth-order valence-corrected chi connectivity index (χ4v) is 3.92. The smallest absolute Gasteiger partial charge is 0.171 e. The van der Waals surface area contributed by atoms with E-state index in [1.165, 1.54) is 29.5 Å². The van der Waals surface area contributed by atoms with Gasteiger partial charge in [-0.1, -0.05) is 37.1 Å². The summed E-state index contributed by atoms with van der Waals surface area (Å²) in [5.74, 6) is 0.882. The number of anilines is 1. The highest BCUT2D eigenvalue weighted by molar-refractivity contribution is 7.80. The monoisotopic (exact) mass is 354 g/mol. The number of hydrogen-bond donors (Lipinski definition) is 2. The Kier molecular flexibility index (Phi) is 5.28. The van der Waals surface area contributed by atoms with Gasteiger partial charge >= 0.3 is 0 Å². The van der Waals surface area contributed by atoms with Gasteiger partial charge < -0.3 is 15.4 Å². The molecule has 3 nitrogen and oxygen atoms in total. The van der Waals surface area contributed by atoms with Gasteiger partial charge in [0.15, 0.2) is 5.11 Å². The van der Waals surface area contributed by atoms with Crippen molar-refractivity contribution in [2.24, 2.45) is 0 Å². The van der Waals surface area contributed by atoms with Crippen molar-refractivity contribution >= 4 is 23.0 Å². The van der Waals surface area contributed by atoms with Crippen LogP contribution in [-0.4, -0.2) is 12.2 Å². The van der Waals surface area contributed by atoms with Gasteiger partial charge in [-0.2, -0.15) is 0 Å². The summed E-state index contributed by atoms with van der Waals surface area (Å²) >= 11 is 5.65. The van der Waals surface area contributed by atoms with Gasteiger partial charge in [0.1, 0.15) is 5.75 Å².